The topological polar surface area (TPSA) is 77.5 Å². The number of carbonyl (C=O) groups is 2. The van der Waals surface area contributed by atoms with E-state index >= 15 is 0 Å². The number of halogens is 1. The van der Waals surface area contributed by atoms with Crippen molar-refractivity contribution in [1.82, 2.24) is 4.98 Å². The number of aromatic nitrogens is 1. The van der Waals surface area contributed by atoms with Gasteiger partial charge in [-0.2, -0.15) is 0 Å². The number of benzene rings is 2. The molecular formula is C21H19FN2O4S. The second kappa shape index (κ2) is 8.83. The first-order chi connectivity index (χ1) is 13.9. The van der Waals surface area contributed by atoms with E-state index in [1.807, 2.05) is 0 Å². The minimum Gasteiger partial charge on any atom is -0.497 e. The van der Waals surface area contributed by atoms with E-state index in [9.17, 15) is 14.0 Å². The zero-order valence-corrected chi connectivity index (χ0v) is 16.9. The van der Waals surface area contributed by atoms with E-state index in [1.165, 1.54) is 19.1 Å². The summed E-state index contributed by atoms with van der Waals surface area (Å²) in [5, 5.41) is 3.26. The summed E-state index contributed by atoms with van der Waals surface area (Å²) in [5.74, 6) is -0.770. The number of aryl methyl sites for hydroxylation is 1. The average Bonchev–Trinajstić information content (AvgIpc) is 3.10. The van der Waals surface area contributed by atoms with Crippen LogP contribution in [0.5, 0.6) is 5.75 Å². The standard InChI is InChI=1S/C21H19FN2O4S/c1-12-18(29-20(23-12)14-4-6-15(22)7-5-14)21(26)28-13(2)19(25)24-16-8-10-17(27-3)11-9-16/h4-11,13H,1-3H3,(H,24,25)/t13-/m1/s1. The Bertz CT molecular complexity index is 1020. The van der Waals surface area contributed by atoms with Crippen molar-refractivity contribution < 1.29 is 23.5 Å². The molecule has 0 spiro atoms. The highest BCUT2D eigenvalue weighted by molar-refractivity contribution is 7.17. The van der Waals surface area contributed by atoms with Crippen LogP contribution >= 0.6 is 11.3 Å². The molecule has 0 fully saturated rings. The highest BCUT2D eigenvalue weighted by Gasteiger charge is 2.23. The average molecular weight is 414 g/mol. The summed E-state index contributed by atoms with van der Waals surface area (Å²) in [4.78, 5) is 29.5. The fourth-order valence-corrected chi connectivity index (χ4v) is 3.44. The second-order valence-electron chi connectivity index (χ2n) is 6.21. The number of amides is 1. The van der Waals surface area contributed by atoms with E-state index in [2.05, 4.69) is 10.3 Å². The number of ether oxygens (including phenoxy) is 2. The van der Waals surface area contributed by atoms with Crippen LogP contribution < -0.4 is 10.1 Å². The predicted octanol–water partition coefficient (Wildman–Crippen LogP) is 4.45. The number of hydrogen-bond donors (Lipinski definition) is 1. The van der Waals surface area contributed by atoms with Crippen molar-refractivity contribution in [1.29, 1.82) is 0 Å². The summed E-state index contributed by atoms with van der Waals surface area (Å²) in [7, 11) is 1.55. The quantitative estimate of drug-likeness (QED) is 0.603. The first-order valence-electron chi connectivity index (χ1n) is 8.76. The largest absolute Gasteiger partial charge is 0.497 e. The number of methoxy groups -OCH3 is 1. The Labute approximate surface area is 171 Å². The Morgan fingerprint density at radius 3 is 2.38 bits per heavy atom. The number of nitrogens with zero attached hydrogens (tertiary/aromatic N) is 1. The van der Waals surface area contributed by atoms with Crippen molar-refractivity contribution in [2.45, 2.75) is 20.0 Å². The third kappa shape index (κ3) is 4.97. The van der Waals surface area contributed by atoms with Crippen LogP contribution in [0.4, 0.5) is 10.1 Å². The molecule has 1 heterocycles. The Hall–Kier alpha value is -3.26. The number of esters is 1. The molecule has 0 saturated carbocycles. The van der Waals surface area contributed by atoms with Crippen molar-refractivity contribution in [2.75, 3.05) is 12.4 Å². The van der Waals surface area contributed by atoms with E-state index in [0.717, 1.165) is 11.3 Å². The van der Waals surface area contributed by atoms with Gasteiger partial charge in [0, 0.05) is 11.3 Å². The predicted molar refractivity (Wildman–Crippen MR) is 109 cm³/mol. The summed E-state index contributed by atoms with van der Waals surface area (Å²) in [6.45, 7) is 3.18. The molecule has 0 aliphatic carbocycles. The molecule has 0 radical (unpaired) electrons. The van der Waals surface area contributed by atoms with Crippen molar-refractivity contribution in [2.24, 2.45) is 0 Å². The maximum absolute atomic E-state index is 13.1. The van der Waals surface area contributed by atoms with Gasteiger partial charge in [0.05, 0.1) is 12.8 Å². The van der Waals surface area contributed by atoms with Crippen molar-refractivity contribution in [3.63, 3.8) is 0 Å². The molecule has 6 nitrogen and oxygen atoms in total. The van der Waals surface area contributed by atoms with E-state index < -0.39 is 18.0 Å². The van der Waals surface area contributed by atoms with Crippen LogP contribution in [-0.2, 0) is 9.53 Å². The van der Waals surface area contributed by atoms with Crippen LogP contribution in [0.1, 0.15) is 22.3 Å². The number of anilines is 1. The maximum Gasteiger partial charge on any atom is 0.351 e. The van der Waals surface area contributed by atoms with Crippen molar-refractivity contribution in [3.8, 4) is 16.3 Å². The van der Waals surface area contributed by atoms with Crippen LogP contribution in [0.3, 0.4) is 0 Å². The smallest absolute Gasteiger partial charge is 0.351 e. The van der Waals surface area contributed by atoms with Crippen LogP contribution in [0.25, 0.3) is 10.6 Å². The molecule has 1 N–H and O–H groups in total. The van der Waals surface area contributed by atoms with Crippen molar-refractivity contribution in [3.05, 3.63) is 64.9 Å². The van der Waals surface area contributed by atoms with Crippen LogP contribution in [-0.4, -0.2) is 30.1 Å². The first kappa shape index (κ1) is 20.5. The molecule has 8 heteroatoms. The number of hydrogen-bond acceptors (Lipinski definition) is 6. The number of nitrogens with one attached hydrogen (secondary N) is 1. The highest BCUT2D eigenvalue weighted by atomic mass is 32.1. The van der Waals surface area contributed by atoms with Gasteiger partial charge in [-0.1, -0.05) is 0 Å². The van der Waals surface area contributed by atoms with Crippen LogP contribution in [0.2, 0.25) is 0 Å². The molecule has 0 unspecified atom stereocenters. The fourth-order valence-electron chi connectivity index (χ4n) is 2.49. The number of carbonyl (C=O) groups excluding carboxylic acids is 2. The molecule has 0 aliphatic rings. The Balaban J connectivity index is 1.65. The van der Waals surface area contributed by atoms with Crippen LogP contribution in [0.15, 0.2) is 48.5 Å². The Morgan fingerprint density at radius 2 is 1.76 bits per heavy atom. The van der Waals surface area contributed by atoms with E-state index in [1.54, 1.807) is 50.4 Å². The zero-order valence-electron chi connectivity index (χ0n) is 16.1. The lowest BCUT2D eigenvalue weighted by atomic mass is 10.2. The fraction of sp³-hybridized carbons (Fsp3) is 0.190. The molecular weight excluding hydrogens is 395 g/mol. The van der Waals surface area contributed by atoms with Gasteiger partial charge < -0.3 is 14.8 Å². The second-order valence-corrected chi connectivity index (χ2v) is 7.20. The van der Waals surface area contributed by atoms with Gasteiger partial charge in [-0.3, -0.25) is 4.79 Å². The maximum atomic E-state index is 13.1. The molecule has 1 atom stereocenters. The third-order valence-corrected chi connectivity index (χ3v) is 5.27. The van der Waals surface area contributed by atoms with E-state index in [-0.39, 0.29) is 5.82 Å². The lowest BCUT2D eigenvalue weighted by Crippen LogP contribution is -2.29. The summed E-state index contributed by atoms with van der Waals surface area (Å²) >= 11 is 1.13. The summed E-state index contributed by atoms with van der Waals surface area (Å²) in [5.41, 5.74) is 1.75. The number of rotatable bonds is 6. The SMILES string of the molecule is COc1ccc(NC(=O)[C@@H](C)OC(=O)c2sc(-c3ccc(F)cc3)nc2C)cc1. The zero-order chi connectivity index (χ0) is 21.0. The van der Waals surface area contributed by atoms with E-state index in [0.29, 0.717) is 32.6 Å². The lowest BCUT2D eigenvalue weighted by Gasteiger charge is -2.13. The molecule has 0 saturated heterocycles. The Morgan fingerprint density at radius 1 is 1.10 bits per heavy atom. The monoisotopic (exact) mass is 414 g/mol. The summed E-state index contributed by atoms with van der Waals surface area (Å²) in [6, 6.07) is 12.6. The van der Waals surface area contributed by atoms with Gasteiger partial charge in [0.1, 0.15) is 21.5 Å². The molecule has 150 valence electrons. The third-order valence-electron chi connectivity index (χ3n) is 4.08. The summed E-state index contributed by atoms with van der Waals surface area (Å²) < 4.78 is 23.5. The van der Waals surface area contributed by atoms with Gasteiger partial charge in [0.25, 0.3) is 5.91 Å². The molecule has 1 aromatic heterocycles. The van der Waals surface area contributed by atoms with Gasteiger partial charge in [-0.25, -0.2) is 14.2 Å². The van der Waals surface area contributed by atoms with Gasteiger partial charge in [0.15, 0.2) is 6.10 Å². The minimum atomic E-state index is -1.000. The van der Waals surface area contributed by atoms with Crippen LogP contribution in [0, 0.1) is 12.7 Å². The van der Waals surface area contributed by atoms with Gasteiger partial charge >= 0.3 is 5.97 Å². The molecule has 1 amide bonds. The van der Waals surface area contributed by atoms with E-state index in [4.69, 9.17) is 9.47 Å². The Kier molecular flexibility index (Phi) is 6.23. The molecule has 3 rings (SSSR count). The normalized spacial score (nSPS) is 11.6. The van der Waals surface area contributed by atoms with Gasteiger partial charge in [0.2, 0.25) is 0 Å². The van der Waals surface area contributed by atoms with Gasteiger partial charge in [-0.05, 0) is 62.4 Å². The molecule has 2 aromatic carbocycles. The minimum absolute atomic E-state index is 0.299. The summed E-state index contributed by atoms with van der Waals surface area (Å²) in [6.07, 6.45) is -1.000. The molecule has 0 bridgehead atoms. The first-order valence-corrected chi connectivity index (χ1v) is 9.58. The van der Waals surface area contributed by atoms with Gasteiger partial charge in [-0.15, -0.1) is 11.3 Å². The molecule has 3 aromatic rings. The molecule has 29 heavy (non-hydrogen) atoms. The highest BCUT2D eigenvalue weighted by Crippen LogP contribution is 2.29. The van der Waals surface area contributed by atoms with Crippen molar-refractivity contribution >= 4 is 28.9 Å². The number of thiazole rings is 1. The lowest BCUT2D eigenvalue weighted by molar-refractivity contribution is -0.123. The molecule has 0 aliphatic heterocycles.